The van der Waals surface area contributed by atoms with Gasteiger partial charge >= 0.3 is 7.82 Å². The van der Waals surface area contributed by atoms with Crippen molar-refractivity contribution in [2.75, 3.05) is 26.2 Å². The second-order valence-corrected chi connectivity index (χ2v) is 10.1. The number of carbonyl (C=O) groups excluding carboxylic acids is 1. The minimum atomic E-state index is -4.64. The zero-order chi connectivity index (χ0) is 25.2. The van der Waals surface area contributed by atoms with Crippen LogP contribution in [0.1, 0.15) is 130 Å². The second kappa shape index (κ2) is 26.2. The number of nitrogens with one attached hydrogen (secondary N) is 1. The Balaban J connectivity index is 0. The smallest absolute Gasteiger partial charge is 0.356 e. The van der Waals surface area contributed by atoms with E-state index in [0.717, 1.165) is 25.9 Å². The third-order valence-electron chi connectivity index (χ3n) is 5.64. The van der Waals surface area contributed by atoms with Crippen molar-refractivity contribution in [1.82, 2.24) is 10.2 Å². The van der Waals surface area contributed by atoms with Gasteiger partial charge in [0.25, 0.3) is 0 Å². The van der Waals surface area contributed by atoms with Crippen LogP contribution in [0.3, 0.4) is 0 Å². The summed E-state index contributed by atoms with van der Waals surface area (Å²) in [5.74, 6) is 0.256. The Kier molecular flexibility index (Phi) is 27.5. The van der Waals surface area contributed by atoms with Crippen molar-refractivity contribution in [2.45, 2.75) is 130 Å². The van der Waals surface area contributed by atoms with Crippen LogP contribution in [-0.2, 0) is 9.36 Å². The molecule has 0 spiro atoms. The third-order valence-corrected chi connectivity index (χ3v) is 5.64. The van der Waals surface area contributed by atoms with Gasteiger partial charge in [-0.3, -0.25) is 4.79 Å². The normalized spacial score (nSPS) is 11.4. The van der Waals surface area contributed by atoms with Crippen molar-refractivity contribution in [3.05, 3.63) is 0 Å². The van der Waals surface area contributed by atoms with E-state index in [0.29, 0.717) is 6.42 Å². The maximum Gasteiger partial charge on any atom is 0.466 e. The molecule has 0 aromatic heterocycles. The summed E-state index contributed by atoms with van der Waals surface area (Å²) in [6.07, 6.45) is 21.4. The third kappa shape index (κ3) is 36.3. The van der Waals surface area contributed by atoms with Crippen molar-refractivity contribution in [1.29, 1.82) is 0 Å². The van der Waals surface area contributed by atoms with Gasteiger partial charge < -0.3 is 24.9 Å². The fourth-order valence-corrected chi connectivity index (χ4v) is 3.72. The summed E-state index contributed by atoms with van der Waals surface area (Å²) in [6, 6.07) is 0. The van der Waals surface area contributed by atoms with Crippen LogP contribution in [0.5, 0.6) is 0 Å². The fourth-order valence-electron chi connectivity index (χ4n) is 3.72. The molecule has 0 bridgehead atoms. The second-order valence-electron chi connectivity index (χ2n) is 9.05. The van der Waals surface area contributed by atoms with Gasteiger partial charge in [0, 0.05) is 13.0 Å². The van der Waals surface area contributed by atoms with Gasteiger partial charge in [0.1, 0.15) is 0 Å². The van der Waals surface area contributed by atoms with E-state index in [4.69, 9.17) is 19.2 Å². The number of amides is 1. The highest BCUT2D eigenvalue weighted by Crippen LogP contribution is 2.25. The van der Waals surface area contributed by atoms with Gasteiger partial charge in [-0.15, -0.1) is 0 Å². The Bertz CT molecular complexity index is 442. The summed E-state index contributed by atoms with van der Waals surface area (Å²) in [5.41, 5.74) is 0. The van der Waals surface area contributed by atoms with Crippen LogP contribution in [-0.4, -0.2) is 51.7 Å². The molecule has 0 fully saturated rings. The Morgan fingerprint density at radius 3 is 1.45 bits per heavy atom. The lowest BCUT2D eigenvalue weighted by Gasteiger charge is -2.22. The molecule has 0 atom stereocenters. The number of phosphoric acid groups is 1. The Hall–Kier alpha value is -0.460. The van der Waals surface area contributed by atoms with E-state index in [1.807, 2.05) is 0 Å². The zero-order valence-electron chi connectivity index (χ0n) is 21.9. The molecule has 0 saturated heterocycles. The summed E-state index contributed by atoms with van der Waals surface area (Å²) in [7, 11) is -4.64. The molecule has 0 aliphatic heterocycles. The van der Waals surface area contributed by atoms with E-state index in [1.165, 1.54) is 103 Å². The zero-order valence-corrected chi connectivity index (χ0v) is 22.8. The van der Waals surface area contributed by atoms with E-state index in [1.54, 1.807) is 0 Å². The average molecular weight is 495 g/mol. The standard InChI is InChI=1S/C25H52N2O.H3O4P/c1-4-7-10-11-12-13-14-15-16-20-25(28)26-21-19-24-27(22-17-8-5-2)23-18-9-6-3;1-5(2,3)4/h4-24H2,1-3H3,(H,26,28);(H3,1,2,3,4). The number of hydrogen-bond donors (Lipinski definition) is 4. The summed E-state index contributed by atoms with van der Waals surface area (Å²) in [6.45, 7) is 11.2. The lowest BCUT2D eigenvalue weighted by molar-refractivity contribution is -0.121. The number of nitrogens with zero attached hydrogens (tertiary/aromatic N) is 1. The molecular formula is C25H55N2O5P. The van der Waals surface area contributed by atoms with E-state index >= 15 is 0 Å². The average Bonchev–Trinajstić information content (AvgIpc) is 2.74. The van der Waals surface area contributed by atoms with Gasteiger partial charge in [-0.2, -0.15) is 0 Å². The van der Waals surface area contributed by atoms with Crippen molar-refractivity contribution in [3.8, 4) is 0 Å². The summed E-state index contributed by atoms with van der Waals surface area (Å²) < 4.78 is 8.88. The van der Waals surface area contributed by atoms with Gasteiger partial charge in [0.05, 0.1) is 0 Å². The fraction of sp³-hybridized carbons (Fsp3) is 0.960. The van der Waals surface area contributed by atoms with Crippen molar-refractivity contribution in [3.63, 3.8) is 0 Å². The van der Waals surface area contributed by atoms with Gasteiger partial charge in [-0.25, -0.2) is 4.57 Å². The lowest BCUT2D eigenvalue weighted by atomic mass is 10.1. The number of hydrogen-bond acceptors (Lipinski definition) is 3. The Morgan fingerprint density at radius 2 is 1.00 bits per heavy atom. The van der Waals surface area contributed by atoms with Crippen LogP contribution in [0.2, 0.25) is 0 Å². The summed E-state index contributed by atoms with van der Waals surface area (Å²) in [5, 5.41) is 3.13. The molecule has 200 valence electrons. The number of rotatable bonds is 22. The van der Waals surface area contributed by atoms with Crippen LogP contribution in [0, 0.1) is 0 Å². The lowest BCUT2D eigenvalue weighted by Crippen LogP contribution is -2.31. The molecule has 7 nitrogen and oxygen atoms in total. The van der Waals surface area contributed by atoms with Gasteiger partial charge in [-0.05, 0) is 45.3 Å². The minimum absolute atomic E-state index is 0.256. The van der Waals surface area contributed by atoms with E-state index < -0.39 is 7.82 Å². The molecule has 0 rings (SSSR count). The summed E-state index contributed by atoms with van der Waals surface area (Å²) in [4.78, 5) is 36.2. The largest absolute Gasteiger partial charge is 0.466 e. The van der Waals surface area contributed by atoms with Crippen LogP contribution < -0.4 is 5.32 Å². The molecular weight excluding hydrogens is 439 g/mol. The Labute approximate surface area is 204 Å². The van der Waals surface area contributed by atoms with E-state index in [-0.39, 0.29) is 5.91 Å². The summed E-state index contributed by atoms with van der Waals surface area (Å²) >= 11 is 0. The van der Waals surface area contributed by atoms with Crippen molar-refractivity contribution >= 4 is 13.7 Å². The molecule has 0 unspecified atom stereocenters. The monoisotopic (exact) mass is 494 g/mol. The molecule has 0 aromatic carbocycles. The Morgan fingerprint density at radius 1 is 0.636 bits per heavy atom. The maximum absolute atomic E-state index is 12.0. The number of unbranched alkanes of at least 4 members (excludes halogenated alkanes) is 12. The molecule has 33 heavy (non-hydrogen) atoms. The van der Waals surface area contributed by atoms with Crippen LogP contribution >= 0.6 is 7.82 Å². The van der Waals surface area contributed by atoms with Crippen LogP contribution in [0.15, 0.2) is 0 Å². The van der Waals surface area contributed by atoms with Gasteiger partial charge in [0.2, 0.25) is 5.91 Å². The first-order chi connectivity index (χ1) is 15.7. The molecule has 1 amide bonds. The van der Waals surface area contributed by atoms with Crippen LogP contribution in [0.4, 0.5) is 0 Å². The molecule has 8 heteroatoms. The topological polar surface area (TPSA) is 110 Å². The highest BCUT2D eigenvalue weighted by Gasteiger charge is 2.05. The first-order valence-electron chi connectivity index (χ1n) is 13.5. The van der Waals surface area contributed by atoms with E-state index in [9.17, 15) is 4.79 Å². The molecule has 0 saturated carbocycles. The first-order valence-corrected chi connectivity index (χ1v) is 15.1. The first kappa shape index (κ1) is 34.7. The highest BCUT2D eigenvalue weighted by molar-refractivity contribution is 7.45. The SMILES string of the molecule is CCCCCCCCCCCC(=O)NCCCN(CCCCC)CCCCC.O=P(O)(O)O. The maximum atomic E-state index is 12.0. The minimum Gasteiger partial charge on any atom is -0.356 e. The van der Waals surface area contributed by atoms with Crippen molar-refractivity contribution < 1.29 is 24.0 Å². The predicted octanol–water partition coefficient (Wildman–Crippen LogP) is 6.17. The predicted molar refractivity (Wildman–Crippen MR) is 139 cm³/mol. The van der Waals surface area contributed by atoms with Gasteiger partial charge in [0.15, 0.2) is 0 Å². The molecule has 0 radical (unpaired) electrons. The van der Waals surface area contributed by atoms with Gasteiger partial charge in [-0.1, -0.05) is 97.8 Å². The molecule has 0 aliphatic carbocycles. The van der Waals surface area contributed by atoms with Crippen molar-refractivity contribution in [2.24, 2.45) is 0 Å². The quantitative estimate of drug-likeness (QED) is 0.106. The molecule has 0 aromatic rings. The molecule has 0 heterocycles. The molecule has 4 N–H and O–H groups in total. The molecule has 0 aliphatic rings. The highest BCUT2D eigenvalue weighted by atomic mass is 31.2. The van der Waals surface area contributed by atoms with E-state index in [2.05, 4.69) is 31.0 Å². The van der Waals surface area contributed by atoms with Crippen LogP contribution in [0.25, 0.3) is 0 Å². The number of carbonyl (C=O) groups is 1.